The van der Waals surface area contributed by atoms with Crippen molar-refractivity contribution in [3.05, 3.63) is 212 Å². The summed E-state index contributed by atoms with van der Waals surface area (Å²) in [6, 6.07) is 76.4. The molecule has 0 aliphatic carbocycles. The van der Waals surface area contributed by atoms with Gasteiger partial charge in [-0.1, -0.05) is 194 Å². The second-order valence-corrected chi connectivity index (χ2v) is 18.9. The molecule has 0 saturated heterocycles. The SMILES string of the molecule is c1ccc(-c2nc(-c3ccccc3)nc(-c3ccc4c(c3)sc3ccc(-c5ccc([Si](c6ccccc6)(c6ccccc6)c6ccccc6)cc5)cc34)n2)cc1. The molecule has 3 nitrogen and oxygen atoms in total. The largest absolute Gasteiger partial charge is 0.208 e. The predicted molar refractivity (Wildman–Crippen MR) is 238 cm³/mol. The fourth-order valence-corrected chi connectivity index (χ4v) is 13.9. The second kappa shape index (κ2) is 14.5. The molecule has 0 saturated carbocycles. The highest BCUT2D eigenvalue weighted by Gasteiger charge is 2.41. The average Bonchev–Trinajstić information content (AvgIpc) is 3.66. The van der Waals surface area contributed by atoms with E-state index in [1.54, 1.807) is 0 Å². The maximum Gasteiger partial charge on any atom is 0.179 e. The van der Waals surface area contributed by atoms with Crippen LogP contribution >= 0.6 is 11.3 Å². The highest BCUT2D eigenvalue weighted by atomic mass is 32.1. The third kappa shape index (κ3) is 6.04. The minimum Gasteiger partial charge on any atom is -0.208 e. The lowest BCUT2D eigenvalue weighted by atomic mass is 10.0. The highest BCUT2D eigenvalue weighted by Crippen LogP contribution is 2.38. The first-order chi connectivity index (χ1) is 27.7. The molecule has 0 fully saturated rings. The molecule has 0 aliphatic heterocycles. The van der Waals surface area contributed by atoms with E-state index >= 15 is 0 Å². The van der Waals surface area contributed by atoms with E-state index in [0.29, 0.717) is 17.5 Å². The molecule has 2 aromatic heterocycles. The monoisotopic (exact) mass is 749 g/mol. The second-order valence-electron chi connectivity index (χ2n) is 14.0. The van der Waals surface area contributed by atoms with E-state index in [0.717, 1.165) is 16.7 Å². The molecule has 56 heavy (non-hydrogen) atoms. The Morgan fingerprint density at radius 3 is 1.20 bits per heavy atom. The van der Waals surface area contributed by atoms with Crippen LogP contribution in [0, 0.1) is 0 Å². The van der Waals surface area contributed by atoms with Gasteiger partial charge in [0, 0.05) is 36.9 Å². The Kier molecular flexibility index (Phi) is 8.71. The molecule has 2 heterocycles. The number of hydrogen-bond acceptors (Lipinski definition) is 4. The van der Waals surface area contributed by atoms with Crippen molar-refractivity contribution in [3.63, 3.8) is 0 Å². The maximum atomic E-state index is 4.98. The van der Waals surface area contributed by atoms with E-state index in [4.69, 9.17) is 15.0 Å². The van der Waals surface area contributed by atoms with Crippen LogP contribution in [0.3, 0.4) is 0 Å². The Labute approximate surface area is 331 Å². The van der Waals surface area contributed by atoms with Gasteiger partial charge in [-0.3, -0.25) is 0 Å². The molecule has 0 amide bonds. The first-order valence-electron chi connectivity index (χ1n) is 18.9. The van der Waals surface area contributed by atoms with Gasteiger partial charge in [0.05, 0.1) is 0 Å². The summed E-state index contributed by atoms with van der Waals surface area (Å²) < 4.78 is 2.46. The zero-order valence-corrected chi connectivity index (χ0v) is 32.3. The summed E-state index contributed by atoms with van der Waals surface area (Å²) in [5, 5.41) is 7.98. The van der Waals surface area contributed by atoms with Crippen LogP contribution in [0.5, 0.6) is 0 Å². The lowest BCUT2D eigenvalue weighted by Crippen LogP contribution is -2.74. The molecule has 264 valence electrons. The van der Waals surface area contributed by atoms with Gasteiger partial charge in [-0.05, 0) is 50.1 Å². The summed E-state index contributed by atoms with van der Waals surface area (Å²) in [5.74, 6) is 1.99. The third-order valence-electron chi connectivity index (χ3n) is 10.7. The van der Waals surface area contributed by atoms with Crippen molar-refractivity contribution in [2.24, 2.45) is 0 Å². The fraction of sp³-hybridized carbons (Fsp3) is 0. The van der Waals surface area contributed by atoms with E-state index < -0.39 is 8.07 Å². The number of benzene rings is 8. The Bertz CT molecular complexity index is 2780. The van der Waals surface area contributed by atoms with Gasteiger partial charge in [-0.15, -0.1) is 11.3 Å². The van der Waals surface area contributed by atoms with Crippen molar-refractivity contribution in [2.75, 3.05) is 0 Å². The van der Waals surface area contributed by atoms with E-state index in [-0.39, 0.29) is 0 Å². The molecule has 5 heteroatoms. The van der Waals surface area contributed by atoms with Crippen LogP contribution in [-0.2, 0) is 0 Å². The molecule has 0 radical (unpaired) electrons. The van der Waals surface area contributed by atoms with Crippen LogP contribution in [0.2, 0.25) is 0 Å². The van der Waals surface area contributed by atoms with Gasteiger partial charge in [-0.2, -0.15) is 0 Å². The van der Waals surface area contributed by atoms with E-state index in [1.165, 1.54) is 52.0 Å². The zero-order chi connectivity index (χ0) is 37.3. The Morgan fingerprint density at radius 2 is 0.696 bits per heavy atom. The van der Waals surface area contributed by atoms with E-state index in [9.17, 15) is 0 Å². The molecule has 0 spiro atoms. The van der Waals surface area contributed by atoms with Crippen molar-refractivity contribution >= 4 is 60.3 Å². The van der Waals surface area contributed by atoms with Crippen molar-refractivity contribution < 1.29 is 0 Å². The number of aromatic nitrogens is 3. The molecular formula is C51H35N3SSi. The predicted octanol–water partition coefficient (Wildman–Crippen LogP) is 10.3. The first kappa shape index (κ1) is 33.8. The summed E-state index contributed by atoms with van der Waals surface area (Å²) in [6.45, 7) is 0. The quantitative estimate of drug-likeness (QED) is 0.115. The van der Waals surface area contributed by atoms with E-state index in [2.05, 4.69) is 152 Å². The number of hydrogen-bond donors (Lipinski definition) is 0. The van der Waals surface area contributed by atoms with Gasteiger partial charge in [0.25, 0.3) is 0 Å². The molecule has 10 rings (SSSR count). The molecule has 8 aromatic carbocycles. The van der Waals surface area contributed by atoms with Gasteiger partial charge in [0.2, 0.25) is 0 Å². The molecule has 0 N–H and O–H groups in total. The molecule has 0 atom stereocenters. The number of fused-ring (bicyclic) bond motifs is 3. The van der Waals surface area contributed by atoms with Gasteiger partial charge >= 0.3 is 0 Å². The summed E-state index contributed by atoms with van der Waals surface area (Å²) in [7, 11) is -2.58. The molecule has 0 unspecified atom stereocenters. The third-order valence-corrected chi connectivity index (χ3v) is 16.6. The van der Waals surface area contributed by atoms with Gasteiger partial charge in [-0.25, -0.2) is 15.0 Å². The summed E-state index contributed by atoms with van der Waals surface area (Å²) in [6.07, 6.45) is 0. The van der Waals surface area contributed by atoms with Crippen LogP contribution in [0.1, 0.15) is 0 Å². The Hall–Kier alpha value is -6.79. The fourth-order valence-electron chi connectivity index (χ4n) is 8.01. The average molecular weight is 750 g/mol. The van der Waals surface area contributed by atoms with Crippen LogP contribution in [0.25, 0.3) is 65.5 Å². The summed E-state index contributed by atoms with van der Waals surface area (Å²) >= 11 is 1.81. The molecular weight excluding hydrogens is 715 g/mol. The lowest BCUT2D eigenvalue weighted by Gasteiger charge is -2.34. The van der Waals surface area contributed by atoms with Crippen molar-refractivity contribution in [1.29, 1.82) is 0 Å². The lowest BCUT2D eigenvalue weighted by molar-refractivity contribution is 1.07. The Morgan fingerprint density at radius 1 is 0.286 bits per heavy atom. The van der Waals surface area contributed by atoms with Gasteiger partial charge in [0.1, 0.15) is 0 Å². The number of nitrogens with zero attached hydrogens (tertiary/aromatic N) is 3. The normalized spacial score (nSPS) is 11.6. The minimum atomic E-state index is -2.58. The minimum absolute atomic E-state index is 0.665. The molecule has 0 aliphatic rings. The van der Waals surface area contributed by atoms with Crippen LogP contribution in [-0.4, -0.2) is 23.0 Å². The molecule has 10 aromatic rings. The van der Waals surface area contributed by atoms with Crippen molar-refractivity contribution in [1.82, 2.24) is 15.0 Å². The summed E-state index contributed by atoms with van der Waals surface area (Å²) in [5.41, 5.74) is 5.31. The topological polar surface area (TPSA) is 38.7 Å². The van der Waals surface area contributed by atoms with Crippen LogP contribution < -0.4 is 20.7 Å². The van der Waals surface area contributed by atoms with Crippen LogP contribution in [0.15, 0.2) is 212 Å². The Balaban J connectivity index is 1.04. The first-order valence-corrected chi connectivity index (χ1v) is 21.7. The summed E-state index contributed by atoms with van der Waals surface area (Å²) in [4.78, 5) is 14.8. The van der Waals surface area contributed by atoms with Crippen LogP contribution in [0.4, 0.5) is 0 Å². The maximum absolute atomic E-state index is 4.98. The zero-order valence-electron chi connectivity index (χ0n) is 30.5. The van der Waals surface area contributed by atoms with E-state index in [1.807, 2.05) is 72.0 Å². The number of thiophene rings is 1. The van der Waals surface area contributed by atoms with Gasteiger partial charge < -0.3 is 0 Å². The smallest absolute Gasteiger partial charge is 0.179 e. The highest BCUT2D eigenvalue weighted by molar-refractivity contribution is 7.25. The number of rotatable bonds is 8. The van der Waals surface area contributed by atoms with Gasteiger partial charge in [0.15, 0.2) is 25.5 Å². The van der Waals surface area contributed by atoms with Crippen molar-refractivity contribution in [3.8, 4) is 45.3 Å². The molecule has 0 bridgehead atoms. The standard InChI is InChI=1S/C51H35N3SSi/c1-6-16-37(17-7-1)49-52-50(38-18-8-2-9-19-38)54-51(53-49)40-28-32-45-46-34-39(29-33-47(46)55-48(45)35-40)36-26-30-44(31-27-36)56(41-20-10-3-11-21-41,42-22-12-4-13-23-42)43-24-14-5-15-25-43/h1-35H. The van der Waals surface area contributed by atoms with Crippen molar-refractivity contribution in [2.45, 2.75) is 0 Å².